The van der Waals surface area contributed by atoms with Crippen molar-refractivity contribution in [3.63, 3.8) is 0 Å². The molecule has 1 aliphatic carbocycles. The predicted molar refractivity (Wildman–Crippen MR) is 108 cm³/mol. The molecule has 0 saturated heterocycles. The first-order valence-corrected chi connectivity index (χ1v) is 9.50. The van der Waals surface area contributed by atoms with Gasteiger partial charge in [-0.2, -0.15) is 0 Å². The van der Waals surface area contributed by atoms with Gasteiger partial charge in [0.25, 0.3) is 0 Å². The first kappa shape index (κ1) is 20.4. The molecular weight excluding hydrogens is 372 g/mol. The van der Waals surface area contributed by atoms with Crippen LogP contribution in [-0.2, 0) is 14.3 Å². The van der Waals surface area contributed by atoms with Gasteiger partial charge in [0.2, 0.25) is 5.91 Å². The lowest BCUT2D eigenvalue weighted by Gasteiger charge is -2.18. The molecule has 0 saturated carbocycles. The highest BCUT2D eigenvalue weighted by Gasteiger charge is 2.29. The van der Waals surface area contributed by atoms with Crippen LogP contribution in [0.3, 0.4) is 0 Å². The van der Waals surface area contributed by atoms with E-state index in [1.807, 2.05) is 36.4 Å². The maximum absolute atomic E-state index is 12.2. The number of benzene rings is 2. The van der Waals surface area contributed by atoms with E-state index in [9.17, 15) is 14.4 Å². The van der Waals surface area contributed by atoms with Crippen molar-refractivity contribution in [3.8, 4) is 11.1 Å². The summed E-state index contributed by atoms with van der Waals surface area (Å²) in [4.78, 5) is 35.0. The quantitative estimate of drug-likeness (QED) is 0.667. The Morgan fingerprint density at radius 3 is 2.07 bits per heavy atom. The number of ether oxygens (including phenoxy) is 1. The van der Waals surface area contributed by atoms with Crippen LogP contribution in [0.25, 0.3) is 11.1 Å². The fourth-order valence-electron chi connectivity index (χ4n) is 3.56. The van der Waals surface area contributed by atoms with Crippen LogP contribution in [0, 0.1) is 0 Å². The molecule has 0 fully saturated rings. The molecule has 2 atom stereocenters. The summed E-state index contributed by atoms with van der Waals surface area (Å²) < 4.78 is 5.41. The van der Waals surface area contributed by atoms with Gasteiger partial charge in [-0.3, -0.25) is 9.59 Å². The highest BCUT2D eigenvalue weighted by atomic mass is 16.5. The van der Waals surface area contributed by atoms with Crippen molar-refractivity contribution in [1.29, 1.82) is 0 Å². The smallest absolute Gasteiger partial charge is 0.407 e. The van der Waals surface area contributed by atoms with Gasteiger partial charge in [-0.1, -0.05) is 48.5 Å². The first-order valence-electron chi connectivity index (χ1n) is 9.50. The van der Waals surface area contributed by atoms with Crippen LogP contribution in [-0.4, -0.2) is 41.8 Å². The lowest BCUT2D eigenvalue weighted by Crippen LogP contribution is -2.48. The lowest BCUT2D eigenvalue weighted by atomic mass is 9.98. The molecule has 3 N–H and O–H groups in total. The highest BCUT2D eigenvalue weighted by molar-refractivity contribution is 5.86. The van der Waals surface area contributed by atoms with Gasteiger partial charge in [-0.25, -0.2) is 4.79 Å². The van der Waals surface area contributed by atoms with Crippen molar-refractivity contribution in [2.24, 2.45) is 0 Å². The van der Waals surface area contributed by atoms with Crippen molar-refractivity contribution in [3.05, 3.63) is 59.7 Å². The molecule has 0 spiro atoms. The number of hydrogen-bond donors (Lipinski definition) is 3. The van der Waals surface area contributed by atoms with Crippen LogP contribution < -0.4 is 10.6 Å². The third kappa shape index (κ3) is 4.74. The largest absolute Gasteiger partial charge is 0.481 e. The molecule has 152 valence electrons. The number of carbonyl (C=O) groups is 3. The highest BCUT2D eigenvalue weighted by Crippen LogP contribution is 2.44. The Morgan fingerprint density at radius 2 is 1.52 bits per heavy atom. The van der Waals surface area contributed by atoms with Crippen LogP contribution in [0.2, 0.25) is 0 Å². The van der Waals surface area contributed by atoms with E-state index >= 15 is 0 Å². The minimum Gasteiger partial charge on any atom is -0.481 e. The van der Waals surface area contributed by atoms with Crippen LogP contribution in [0.15, 0.2) is 48.5 Å². The monoisotopic (exact) mass is 396 g/mol. The minimum absolute atomic E-state index is 0.0622. The van der Waals surface area contributed by atoms with Gasteiger partial charge in [0, 0.05) is 12.0 Å². The number of alkyl carbamates (subject to hydrolysis) is 1. The second-order valence-corrected chi connectivity index (χ2v) is 7.20. The van der Waals surface area contributed by atoms with Crippen LogP contribution in [0.5, 0.6) is 0 Å². The van der Waals surface area contributed by atoms with Crippen LogP contribution in [0.4, 0.5) is 4.79 Å². The van der Waals surface area contributed by atoms with E-state index < -0.39 is 30.1 Å². The van der Waals surface area contributed by atoms with Crippen LogP contribution in [0.1, 0.15) is 37.3 Å². The molecule has 2 amide bonds. The SMILES string of the molecule is C[C@H](NC(=O)OCC1c2ccccc2-c2ccccc21)C(=O)N[C@@H](C)CC(=O)O. The molecule has 2 aromatic carbocycles. The van der Waals surface area contributed by atoms with Crippen molar-refractivity contribution in [2.45, 2.75) is 38.3 Å². The van der Waals surface area contributed by atoms with Crippen molar-refractivity contribution >= 4 is 18.0 Å². The van der Waals surface area contributed by atoms with E-state index in [0.29, 0.717) is 0 Å². The third-order valence-corrected chi connectivity index (χ3v) is 4.94. The minimum atomic E-state index is -1.00. The number of carbonyl (C=O) groups excluding carboxylic acids is 2. The Morgan fingerprint density at radius 1 is 0.966 bits per heavy atom. The number of carboxylic acid groups (broad SMARTS) is 1. The second-order valence-electron chi connectivity index (χ2n) is 7.20. The normalized spacial score (nSPS) is 14.3. The van der Waals surface area contributed by atoms with E-state index in [4.69, 9.17) is 9.84 Å². The number of hydrogen-bond acceptors (Lipinski definition) is 4. The molecule has 0 radical (unpaired) electrons. The van der Waals surface area contributed by atoms with Crippen molar-refractivity contribution in [1.82, 2.24) is 10.6 Å². The summed E-state index contributed by atoms with van der Waals surface area (Å²) in [5.74, 6) is -1.53. The fourth-order valence-corrected chi connectivity index (χ4v) is 3.56. The van der Waals surface area contributed by atoms with Gasteiger partial charge >= 0.3 is 12.1 Å². The molecule has 3 rings (SSSR count). The standard InChI is InChI=1S/C22H24N2O5/c1-13(11-20(25)26)23-21(27)14(2)24-22(28)29-12-19-17-9-5-3-7-15(17)16-8-4-6-10-18(16)19/h3-10,13-14,19H,11-12H2,1-2H3,(H,23,27)(H,24,28)(H,25,26)/t13-,14-/m0/s1. The van der Waals surface area contributed by atoms with Crippen LogP contribution >= 0.6 is 0 Å². The maximum Gasteiger partial charge on any atom is 0.407 e. The number of carboxylic acids is 1. The van der Waals surface area contributed by atoms with E-state index in [-0.39, 0.29) is 18.9 Å². The zero-order valence-electron chi connectivity index (χ0n) is 16.3. The van der Waals surface area contributed by atoms with E-state index in [0.717, 1.165) is 22.3 Å². The van der Waals surface area contributed by atoms with Gasteiger partial charge in [0.1, 0.15) is 12.6 Å². The summed E-state index contributed by atoms with van der Waals surface area (Å²) in [5.41, 5.74) is 4.49. The number of aliphatic carboxylic acids is 1. The zero-order chi connectivity index (χ0) is 21.0. The molecule has 0 aromatic heterocycles. The topological polar surface area (TPSA) is 105 Å². The van der Waals surface area contributed by atoms with Gasteiger partial charge in [0.05, 0.1) is 6.42 Å². The lowest BCUT2D eigenvalue weighted by molar-refractivity contribution is -0.137. The third-order valence-electron chi connectivity index (χ3n) is 4.94. The first-order chi connectivity index (χ1) is 13.9. The summed E-state index contributed by atoms with van der Waals surface area (Å²) in [5, 5.41) is 13.8. The summed E-state index contributed by atoms with van der Waals surface area (Å²) in [6.07, 6.45) is -0.885. The molecule has 0 aliphatic heterocycles. The second kappa shape index (κ2) is 8.77. The van der Waals surface area contributed by atoms with E-state index in [1.54, 1.807) is 6.92 Å². The Balaban J connectivity index is 1.57. The average Bonchev–Trinajstić information content (AvgIpc) is 2.99. The van der Waals surface area contributed by atoms with Gasteiger partial charge in [-0.15, -0.1) is 0 Å². The summed E-state index contributed by atoms with van der Waals surface area (Å²) in [7, 11) is 0. The Bertz CT molecular complexity index is 881. The molecule has 0 heterocycles. The predicted octanol–water partition coefficient (Wildman–Crippen LogP) is 2.89. The zero-order valence-corrected chi connectivity index (χ0v) is 16.3. The van der Waals surface area contributed by atoms with E-state index in [1.165, 1.54) is 6.92 Å². The Kier molecular flexibility index (Phi) is 6.16. The van der Waals surface area contributed by atoms with Crippen molar-refractivity contribution < 1.29 is 24.2 Å². The Hall–Kier alpha value is -3.35. The molecule has 7 nitrogen and oxygen atoms in total. The molecule has 2 aromatic rings. The maximum atomic E-state index is 12.2. The Labute approximate surface area is 169 Å². The molecule has 29 heavy (non-hydrogen) atoms. The van der Waals surface area contributed by atoms with Crippen molar-refractivity contribution in [2.75, 3.05) is 6.61 Å². The molecule has 0 bridgehead atoms. The van der Waals surface area contributed by atoms with Gasteiger partial charge < -0.3 is 20.5 Å². The number of rotatable bonds is 7. The number of fused-ring (bicyclic) bond motifs is 3. The summed E-state index contributed by atoms with van der Waals surface area (Å²) in [6.45, 7) is 3.26. The molecular formula is C22H24N2O5. The molecule has 0 unspecified atom stereocenters. The van der Waals surface area contributed by atoms with Gasteiger partial charge in [0.15, 0.2) is 0 Å². The molecule has 7 heteroatoms. The van der Waals surface area contributed by atoms with E-state index in [2.05, 4.69) is 22.8 Å². The average molecular weight is 396 g/mol. The fraction of sp³-hybridized carbons (Fsp3) is 0.318. The summed E-state index contributed by atoms with van der Waals surface area (Å²) >= 11 is 0. The van der Waals surface area contributed by atoms with Gasteiger partial charge in [-0.05, 0) is 36.1 Å². The number of nitrogens with one attached hydrogen (secondary N) is 2. The summed E-state index contributed by atoms with van der Waals surface area (Å²) in [6, 6.07) is 14.7. The number of amides is 2. The molecule has 1 aliphatic rings.